The Morgan fingerprint density at radius 1 is 1.78 bits per heavy atom. The van der Waals surface area contributed by atoms with Crippen LogP contribution in [0.4, 0.5) is 0 Å². The minimum absolute atomic E-state index is 0.224. The van der Waals surface area contributed by atoms with Crippen LogP contribution in [0.5, 0.6) is 0 Å². The van der Waals surface area contributed by atoms with Crippen molar-refractivity contribution in [1.29, 1.82) is 0 Å². The molecule has 0 bridgehead atoms. The molecule has 0 amide bonds. The van der Waals surface area contributed by atoms with Crippen molar-refractivity contribution in [2.75, 3.05) is 12.8 Å². The molecular weight excluding hydrogens is 358 g/mol. The summed E-state index contributed by atoms with van der Waals surface area (Å²) in [5, 5.41) is 0. The van der Waals surface area contributed by atoms with E-state index < -0.39 is 15.2 Å². The molecule has 0 spiro atoms. The first-order chi connectivity index (χ1) is 8.16. The summed E-state index contributed by atoms with van der Waals surface area (Å²) in [7, 11) is -0.828. The summed E-state index contributed by atoms with van der Waals surface area (Å²) in [6.07, 6.45) is 0. The minimum atomic E-state index is -2.47. The molecule has 0 saturated heterocycles. The molecule has 2 rings (SSSR count). The van der Waals surface area contributed by atoms with Gasteiger partial charge in [-0.3, -0.25) is 4.31 Å². The van der Waals surface area contributed by atoms with Gasteiger partial charge in [0.05, 0.1) is 23.6 Å². The predicted molar refractivity (Wildman–Crippen MR) is 83.9 cm³/mol. The second-order valence-electron chi connectivity index (χ2n) is 4.40. The molecule has 2 heterocycles. The topological polar surface area (TPSA) is 58.7 Å². The van der Waals surface area contributed by atoms with Crippen LogP contribution in [0.2, 0.25) is 4.34 Å². The predicted octanol–water partition coefficient (Wildman–Crippen LogP) is 2.27. The summed E-state index contributed by atoms with van der Waals surface area (Å²) < 4.78 is 15.4. The lowest BCUT2D eigenvalue weighted by atomic mass is 9.98. The summed E-state index contributed by atoms with van der Waals surface area (Å²) in [5.74, 6) is 4.28. The summed E-state index contributed by atoms with van der Waals surface area (Å²) in [5.41, 5.74) is 5.96. The number of rotatable bonds is 1. The van der Waals surface area contributed by atoms with Gasteiger partial charge < -0.3 is 5.73 Å². The van der Waals surface area contributed by atoms with Gasteiger partial charge in [-0.1, -0.05) is 11.6 Å². The molecule has 0 aliphatic carbocycles. The second kappa shape index (κ2) is 4.40. The van der Waals surface area contributed by atoms with Crippen LogP contribution in [0.3, 0.4) is 0 Å². The highest BCUT2D eigenvalue weighted by Gasteiger charge is 2.38. The van der Waals surface area contributed by atoms with Crippen LogP contribution >= 0.6 is 38.9 Å². The maximum atomic E-state index is 12.5. The third-order valence-corrected chi connectivity index (χ3v) is 6.99. The smallest absolute Gasteiger partial charge is 0.203 e. The molecule has 1 unspecified atom stereocenters. The first kappa shape index (κ1) is 14.2. The van der Waals surface area contributed by atoms with E-state index in [2.05, 4.69) is 26.8 Å². The minimum Gasteiger partial charge on any atom is -0.369 e. The van der Waals surface area contributed by atoms with Crippen LogP contribution in [0.1, 0.15) is 12.5 Å². The SMILES string of the molecule is C=S1(=O)C[C@@](C)(c2cc(Br)sc2Cl)N=C(N)N1C. The summed E-state index contributed by atoms with van der Waals surface area (Å²) in [6.45, 7) is 1.87. The molecule has 0 aromatic carbocycles. The molecule has 100 valence electrons. The van der Waals surface area contributed by atoms with Gasteiger partial charge in [0, 0.05) is 12.6 Å². The quantitative estimate of drug-likeness (QED) is 0.771. The molecule has 0 saturated carbocycles. The van der Waals surface area contributed by atoms with Gasteiger partial charge in [0.25, 0.3) is 0 Å². The first-order valence-corrected chi connectivity index (χ1v) is 8.89. The van der Waals surface area contributed by atoms with E-state index in [0.29, 0.717) is 10.1 Å². The van der Waals surface area contributed by atoms with Crippen molar-refractivity contribution in [3.63, 3.8) is 0 Å². The number of hydrogen-bond donors (Lipinski definition) is 1. The summed E-state index contributed by atoms with van der Waals surface area (Å²) in [6, 6.07) is 1.89. The fourth-order valence-corrected chi connectivity index (χ4v) is 5.82. The van der Waals surface area contributed by atoms with Crippen LogP contribution in [-0.4, -0.2) is 33.1 Å². The van der Waals surface area contributed by atoms with E-state index >= 15 is 0 Å². The van der Waals surface area contributed by atoms with E-state index in [0.717, 1.165) is 9.35 Å². The van der Waals surface area contributed by atoms with E-state index in [9.17, 15) is 4.21 Å². The van der Waals surface area contributed by atoms with Crippen molar-refractivity contribution >= 4 is 60.4 Å². The van der Waals surface area contributed by atoms with Crippen molar-refractivity contribution in [3.05, 3.63) is 19.8 Å². The number of guanidine groups is 1. The molecule has 1 aromatic heterocycles. The average molecular weight is 371 g/mol. The molecule has 2 N–H and O–H groups in total. The molecule has 2 atom stereocenters. The van der Waals surface area contributed by atoms with Crippen LogP contribution in [-0.2, 0) is 15.2 Å². The highest BCUT2D eigenvalue weighted by atomic mass is 79.9. The Balaban J connectivity index is 2.60. The maximum absolute atomic E-state index is 12.5. The Hall–Kier alpha value is -0.240. The van der Waals surface area contributed by atoms with Gasteiger partial charge in [-0.2, -0.15) is 0 Å². The summed E-state index contributed by atoms with van der Waals surface area (Å²) in [4.78, 5) is 4.44. The number of aliphatic imine (C=N–C) groups is 1. The lowest BCUT2D eigenvalue weighted by Crippen LogP contribution is -2.50. The van der Waals surface area contributed by atoms with Crippen molar-refractivity contribution in [2.45, 2.75) is 12.5 Å². The number of nitrogens with two attached hydrogens (primary N) is 1. The highest BCUT2D eigenvalue weighted by Crippen LogP contribution is 2.41. The molecule has 4 nitrogen and oxygen atoms in total. The number of halogens is 2. The highest BCUT2D eigenvalue weighted by molar-refractivity contribution is 9.11. The fourth-order valence-electron chi connectivity index (χ4n) is 1.91. The average Bonchev–Trinajstić information content (AvgIpc) is 2.54. The number of hydrogen-bond acceptors (Lipinski definition) is 4. The normalized spacial score (nSPS) is 32.4. The molecular formula is C10H13BrClN3OS2. The van der Waals surface area contributed by atoms with Crippen LogP contribution in [0.25, 0.3) is 0 Å². The largest absolute Gasteiger partial charge is 0.369 e. The molecule has 1 aliphatic heterocycles. The van der Waals surface area contributed by atoms with Crippen molar-refractivity contribution in [2.24, 2.45) is 10.7 Å². The lowest BCUT2D eigenvalue weighted by molar-refractivity contribution is 0.515. The van der Waals surface area contributed by atoms with E-state index in [1.165, 1.54) is 15.6 Å². The zero-order chi connectivity index (χ0) is 13.7. The maximum Gasteiger partial charge on any atom is 0.203 e. The van der Waals surface area contributed by atoms with E-state index in [1.807, 2.05) is 13.0 Å². The molecule has 0 radical (unpaired) electrons. The zero-order valence-corrected chi connectivity index (χ0v) is 13.9. The van der Waals surface area contributed by atoms with Gasteiger partial charge in [-0.25, -0.2) is 9.20 Å². The lowest BCUT2D eigenvalue weighted by Gasteiger charge is -2.37. The first-order valence-electron chi connectivity index (χ1n) is 5.05. The van der Waals surface area contributed by atoms with E-state index in [4.69, 9.17) is 17.3 Å². The molecule has 1 aromatic rings. The standard InChI is InChI=1S/C10H13BrClN3OS2/c1-10(6-4-7(11)17-8(6)12)5-18(3,16)15(2)9(13)14-10/h4H,3,5H2,1-2H3,(H2,13,14)/t10-,18?/m0/s1. The van der Waals surface area contributed by atoms with Gasteiger partial charge >= 0.3 is 0 Å². The molecule has 1 aliphatic rings. The van der Waals surface area contributed by atoms with Crippen molar-refractivity contribution in [1.82, 2.24) is 4.31 Å². The Morgan fingerprint density at radius 2 is 2.39 bits per heavy atom. The van der Waals surface area contributed by atoms with Gasteiger partial charge in [-0.05, 0) is 34.8 Å². The van der Waals surface area contributed by atoms with Gasteiger partial charge in [0.1, 0.15) is 5.54 Å². The van der Waals surface area contributed by atoms with Crippen LogP contribution < -0.4 is 5.73 Å². The van der Waals surface area contributed by atoms with Gasteiger partial charge in [-0.15, -0.1) is 11.3 Å². The fraction of sp³-hybridized carbons (Fsp3) is 0.400. The molecule has 0 fully saturated rings. The zero-order valence-electron chi connectivity index (χ0n) is 9.94. The third kappa shape index (κ3) is 2.29. The Bertz CT molecular complexity index is 625. The summed E-state index contributed by atoms with van der Waals surface area (Å²) >= 11 is 11.0. The van der Waals surface area contributed by atoms with Crippen molar-refractivity contribution < 1.29 is 4.21 Å². The van der Waals surface area contributed by atoms with Gasteiger partial charge in [0.2, 0.25) is 5.96 Å². The Morgan fingerprint density at radius 3 is 2.83 bits per heavy atom. The second-order valence-corrected chi connectivity index (χ2v) is 9.81. The third-order valence-electron chi connectivity index (χ3n) is 2.93. The van der Waals surface area contributed by atoms with Crippen LogP contribution in [0, 0.1) is 0 Å². The van der Waals surface area contributed by atoms with Gasteiger partial charge in [0.15, 0.2) is 0 Å². The monoisotopic (exact) mass is 369 g/mol. The molecule has 18 heavy (non-hydrogen) atoms. The number of thiophene rings is 1. The van der Waals surface area contributed by atoms with E-state index in [1.54, 1.807) is 7.05 Å². The number of nitrogens with zero attached hydrogens (tertiary/aromatic N) is 2. The Labute approximate surface area is 124 Å². The van der Waals surface area contributed by atoms with Crippen LogP contribution in [0.15, 0.2) is 14.8 Å². The molecule has 8 heteroatoms. The van der Waals surface area contributed by atoms with E-state index in [-0.39, 0.29) is 5.96 Å². The Kier molecular flexibility index (Phi) is 3.46. The van der Waals surface area contributed by atoms with Crippen molar-refractivity contribution in [3.8, 4) is 0 Å².